The summed E-state index contributed by atoms with van der Waals surface area (Å²) in [6.45, 7) is 6.18. The maximum atomic E-state index is 11.8. The lowest BCUT2D eigenvalue weighted by molar-refractivity contribution is -0.139. The van der Waals surface area contributed by atoms with Gasteiger partial charge in [-0.3, -0.25) is 0 Å². The number of phenols is 1. The molecule has 2 rings (SSSR count). The van der Waals surface area contributed by atoms with Crippen LogP contribution in [0.25, 0.3) is 6.08 Å². The third kappa shape index (κ3) is 9.20. The van der Waals surface area contributed by atoms with Crippen molar-refractivity contribution in [3.05, 3.63) is 58.6 Å². The first-order valence-electron chi connectivity index (χ1n) is 10.8. The molecule has 6 nitrogen and oxygen atoms in total. The summed E-state index contributed by atoms with van der Waals surface area (Å²) in [5.74, 6) is 0.882. The molecule has 174 valence electrons. The van der Waals surface area contributed by atoms with Gasteiger partial charge in [0.1, 0.15) is 12.4 Å². The first-order chi connectivity index (χ1) is 15.5. The van der Waals surface area contributed by atoms with Crippen LogP contribution in [0.4, 0.5) is 0 Å². The molecule has 0 heterocycles. The van der Waals surface area contributed by atoms with E-state index >= 15 is 0 Å². The van der Waals surface area contributed by atoms with E-state index in [-0.39, 0.29) is 12.4 Å². The molecule has 0 aliphatic rings. The Morgan fingerprint density at radius 1 is 1.00 bits per heavy atom. The Morgan fingerprint density at radius 2 is 1.81 bits per heavy atom. The lowest BCUT2D eigenvalue weighted by Crippen LogP contribution is -2.08. The molecular weight excluding hydrogens is 432 g/mol. The number of carbonyl (C=O) groups is 1. The van der Waals surface area contributed by atoms with Gasteiger partial charge in [0.25, 0.3) is 0 Å². The summed E-state index contributed by atoms with van der Waals surface area (Å²) in [7, 11) is 0. The normalized spacial score (nSPS) is 11.0. The molecule has 7 heteroatoms. The summed E-state index contributed by atoms with van der Waals surface area (Å²) in [4.78, 5) is 11.8. The molecule has 0 radical (unpaired) electrons. The zero-order valence-electron chi connectivity index (χ0n) is 18.6. The van der Waals surface area contributed by atoms with E-state index in [0.29, 0.717) is 49.4 Å². The maximum absolute atomic E-state index is 11.8. The highest BCUT2D eigenvalue weighted by molar-refractivity contribution is 6.32. The molecule has 0 spiro atoms. The smallest absolute Gasteiger partial charge is 0.330 e. The minimum Gasteiger partial charge on any atom is -0.506 e. The van der Waals surface area contributed by atoms with E-state index in [1.165, 1.54) is 6.08 Å². The number of phenolic OH excluding ortho intramolecular Hbond substituents is 1. The zero-order valence-corrected chi connectivity index (χ0v) is 19.4. The number of ether oxygens (including phenoxy) is 4. The van der Waals surface area contributed by atoms with Crippen LogP contribution in [0.1, 0.15) is 37.8 Å². The number of rotatable bonds is 14. The number of unbranched alkanes of at least 4 members (excludes halogenated alkanes) is 1. The van der Waals surface area contributed by atoms with E-state index in [1.807, 2.05) is 31.2 Å². The largest absolute Gasteiger partial charge is 0.506 e. The van der Waals surface area contributed by atoms with Crippen molar-refractivity contribution in [3.8, 4) is 17.2 Å². The van der Waals surface area contributed by atoms with Crippen molar-refractivity contribution in [2.75, 3.05) is 33.0 Å². The molecule has 0 aliphatic carbocycles. The summed E-state index contributed by atoms with van der Waals surface area (Å²) in [6.07, 6.45) is 5.64. The minimum absolute atomic E-state index is 0.0600. The Labute approximate surface area is 194 Å². The topological polar surface area (TPSA) is 74.2 Å². The molecule has 0 fully saturated rings. The van der Waals surface area contributed by atoms with Crippen LogP contribution in [0, 0.1) is 0 Å². The van der Waals surface area contributed by atoms with Gasteiger partial charge < -0.3 is 24.1 Å². The molecule has 32 heavy (non-hydrogen) atoms. The van der Waals surface area contributed by atoms with Crippen LogP contribution in [0.5, 0.6) is 17.2 Å². The third-order valence-electron chi connectivity index (χ3n) is 4.47. The fourth-order valence-corrected chi connectivity index (χ4v) is 2.93. The second-order valence-electron chi connectivity index (χ2n) is 6.99. The molecule has 0 aliphatic heterocycles. The maximum Gasteiger partial charge on any atom is 0.330 e. The van der Waals surface area contributed by atoms with Gasteiger partial charge in [0.2, 0.25) is 0 Å². The first kappa shape index (κ1) is 25.6. The number of esters is 1. The Morgan fingerprint density at radius 3 is 2.56 bits per heavy atom. The quantitative estimate of drug-likeness (QED) is 0.229. The number of hydrogen-bond donors (Lipinski definition) is 1. The van der Waals surface area contributed by atoms with Gasteiger partial charge in [-0.15, -0.1) is 0 Å². The fraction of sp³-hybridized carbons (Fsp3) is 0.400. The highest BCUT2D eigenvalue weighted by Gasteiger charge is 2.08. The van der Waals surface area contributed by atoms with Crippen LogP contribution in [0.3, 0.4) is 0 Å². The van der Waals surface area contributed by atoms with Crippen molar-refractivity contribution in [2.24, 2.45) is 0 Å². The van der Waals surface area contributed by atoms with Crippen molar-refractivity contribution in [3.63, 3.8) is 0 Å². The highest BCUT2D eigenvalue weighted by Crippen LogP contribution is 2.30. The van der Waals surface area contributed by atoms with Gasteiger partial charge in [-0.05, 0) is 54.8 Å². The first-order valence-corrected chi connectivity index (χ1v) is 11.2. The number of aromatic hydroxyl groups is 1. The van der Waals surface area contributed by atoms with E-state index in [1.54, 1.807) is 18.2 Å². The summed E-state index contributed by atoms with van der Waals surface area (Å²) in [5, 5.41) is 9.85. The minimum atomic E-state index is -0.425. The van der Waals surface area contributed by atoms with Crippen LogP contribution in [-0.4, -0.2) is 44.1 Å². The van der Waals surface area contributed by atoms with E-state index in [0.717, 1.165) is 24.0 Å². The molecule has 0 atom stereocenters. The summed E-state index contributed by atoms with van der Waals surface area (Å²) >= 11 is 5.96. The fourth-order valence-electron chi connectivity index (χ4n) is 2.73. The molecule has 0 saturated heterocycles. The van der Waals surface area contributed by atoms with Gasteiger partial charge in [-0.25, -0.2) is 4.79 Å². The predicted octanol–water partition coefficient (Wildman–Crippen LogP) is 5.44. The molecule has 0 aromatic heterocycles. The van der Waals surface area contributed by atoms with Crippen molar-refractivity contribution >= 4 is 23.6 Å². The molecule has 2 aromatic rings. The number of carbonyl (C=O) groups excluding carboxylic acids is 1. The Kier molecular flexibility index (Phi) is 11.5. The molecular formula is C25H31ClO6. The van der Waals surface area contributed by atoms with Gasteiger partial charge in [0.05, 0.1) is 24.8 Å². The Hall–Kier alpha value is -2.70. The monoisotopic (exact) mass is 462 g/mol. The van der Waals surface area contributed by atoms with Gasteiger partial charge in [-0.1, -0.05) is 37.1 Å². The average Bonchev–Trinajstić information content (AvgIpc) is 2.79. The third-order valence-corrected chi connectivity index (χ3v) is 4.77. The van der Waals surface area contributed by atoms with E-state index in [9.17, 15) is 9.90 Å². The van der Waals surface area contributed by atoms with Crippen LogP contribution in [0.2, 0.25) is 5.02 Å². The molecule has 0 unspecified atom stereocenters. The Bertz CT molecular complexity index is 881. The van der Waals surface area contributed by atoms with Crippen LogP contribution >= 0.6 is 11.6 Å². The highest BCUT2D eigenvalue weighted by atomic mass is 35.5. The Balaban J connectivity index is 1.98. The predicted molar refractivity (Wildman–Crippen MR) is 126 cm³/mol. The van der Waals surface area contributed by atoms with Crippen molar-refractivity contribution in [2.45, 2.75) is 33.1 Å². The lowest BCUT2D eigenvalue weighted by atomic mass is 10.1. The van der Waals surface area contributed by atoms with Crippen molar-refractivity contribution < 1.29 is 28.8 Å². The number of halogens is 1. The van der Waals surface area contributed by atoms with Crippen molar-refractivity contribution in [1.82, 2.24) is 0 Å². The van der Waals surface area contributed by atoms with Crippen molar-refractivity contribution in [1.29, 1.82) is 0 Å². The molecule has 1 N–H and O–H groups in total. The van der Waals surface area contributed by atoms with E-state index in [2.05, 4.69) is 6.92 Å². The number of benzene rings is 2. The van der Waals surface area contributed by atoms with E-state index in [4.69, 9.17) is 30.5 Å². The van der Waals surface area contributed by atoms with Crippen LogP contribution in [0.15, 0.2) is 42.5 Å². The second kappa shape index (κ2) is 14.4. The lowest BCUT2D eigenvalue weighted by Gasteiger charge is -2.14. The zero-order chi connectivity index (χ0) is 23.2. The summed E-state index contributed by atoms with van der Waals surface area (Å²) in [5.41, 5.74) is 1.76. The van der Waals surface area contributed by atoms with Gasteiger partial charge in [0, 0.05) is 19.1 Å². The molecule has 0 amide bonds. The SMILES string of the molecule is CCCCOc1cc(/C=C\C(=O)OCCOCC)ccc1OCCc1ccc(O)c(Cl)c1. The molecule has 0 bridgehead atoms. The number of hydrogen-bond acceptors (Lipinski definition) is 6. The summed E-state index contributed by atoms with van der Waals surface area (Å²) < 4.78 is 22.1. The average molecular weight is 463 g/mol. The van der Waals surface area contributed by atoms with Gasteiger partial charge >= 0.3 is 5.97 Å². The summed E-state index contributed by atoms with van der Waals surface area (Å²) in [6, 6.07) is 10.6. The van der Waals surface area contributed by atoms with Gasteiger partial charge in [-0.2, -0.15) is 0 Å². The van der Waals surface area contributed by atoms with Crippen LogP contribution < -0.4 is 9.47 Å². The van der Waals surface area contributed by atoms with E-state index < -0.39 is 5.97 Å². The second-order valence-corrected chi connectivity index (χ2v) is 7.40. The standard InChI is InChI=1S/C25H31ClO6/c1-3-5-13-30-24-18-19(8-11-25(28)32-16-15-29-4-2)7-10-23(24)31-14-12-20-6-9-22(27)21(26)17-20/h6-11,17-18,27H,3-5,12-16H2,1-2H3/b11-8-. The van der Waals surface area contributed by atoms with Gasteiger partial charge in [0.15, 0.2) is 11.5 Å². The molecule has 0 saturated carbocycles. The van der Waals surface area contributed by atoms with Crippen LogP contribution in [-0.2, 0) is 20.7 Å². The molecule has 2 aromatic carbocycles.